The molecule has 0 aromatic heterocycles. The first-order chi connectivity index (χ1) is 8.97. The van der Waals surface area contributed by atoms with Gasteiger partial charge in [0.2, 0.25) is 0 Å². The van der Waals surface area contributed by atoms with E-state index in [1.54, 1.807) is 18.2 Å². The molecule has 3 nitrogen and oxygen atoms in total. The van der Waals surface area contributed by atoms with E-state index < -0.39 is 0 Å². The highest BCUT2D eigenvalue weighted by Crippen LogP contribution is 2.25. The first kappa shape index (κ1) is 14.1. The van der Waals surface area contributed by atoms with Gasteiger partial charge in [-0.1, -0.05) is 22.0 Å². The molecule has 98 valence electrons. The van der Waals surface area contributed by atoms with Gasteiger partial charge in [-0.3, -0.25) is 4.79 Å². The molecule has 2 rings (SSSR count). The van der Waals surface area contributed by atoms with E-state index in [2.05, 4.69) is 37.2 Å². The van der Waals surface area contributed by atoms with E-state index >= 15 is 0 Å². The van der Waals surface area contributed by atoms with E-state index in [4.69, 9.17) is 5.73 Å². The number of amides is 1. The van der Waals surface area contributed by atoms with Gasteiger partial charge in [0, 0.05) is 14.6 Å². The third kappa shape index (κ3) is 3.36. The summed E-state index contributed by atoms with van der Waals surface area (Å²) in [5, 5.41) is 2.85. The van der Waals surface area contributed by atoms with Crippen molar-refractivity contribution in [2.75, 3.05) is 11.1 Å². The van der Waals surface area contributed by atoms with E-state index in [-0.39, 0.29) is 5.91 Å². The summed E-state index contributed by atoms with van der Waals surface area (Å²) in [4.78, 5) is 12.2. The van der Waals surface area contributed by atoms with Crippen LogP contribution in [0.5, 0.6) is 0 Å². The number of nitrogens with two attached hydrogens (primary N) is 1. The average molecular weight is 384 g/mol. The molecule has 0 fully saturated rings. The van der Waals surface area contributed by atoms with Crippen molar-refractivity contribution in [2.45, 2.75) is 6.92 Å². The fourth-order valence-corrected chi connectivity index (χ4v) is 2.36. The van der Waals surface area contributed by atoms with Gasteiger partial charge in [-0.15, -0.1) is 0 Å². The van der Waals surface area contributed by atoms with Gasteiger partial charge in [0.15, 0.2) is 0 Å². The summed E-state index contributed by atoms with van der Waals surface area (Å²) in [6.07, 6.45) is 0. The minimum absolute atomic E-state index is 0.231. The minimum atomic E-state index is -0.231. The van der Waals surface area contributed by atoms with Crippen molar-refractivity contribution in [3.05, 3.63) is 56.5 Å². The van der Waals surface area contributed by atoms with Crippen LogP contribution in [0.15, 0.2) is 45.3 Å². The fourth-order valence-electron chi connectivity index (χ4n) is 1.65. The summed E-state index contributed by atoms with van der Waals surface area (Å²) in [5.74, 6) is -0.231. The predicted octanol–water partition coefficient (Wildman–Crippen LogP) is 4.35. The van der Waals surface area contributed by atoms with Gasteiger partial charge in [-0.2, -0.15) is 0 Å². The lowest BCUT2D eigenvalue weighted by atomic mass is 10.1. The summed E-state index contributed by atoms with van der Waals surface area (Å²) in [6.45, 7) is 1.97. The Balaban J connectivity index is 2.30. The molecule has 0 spiro atoms. The van der Waals surface area contributed by atoms with Crippen LogP contribution < -0.4 is 11.1 Å². The number of benzene rings is 2. The zero-order valence-electron chi connectivity index (χ0n) is 10.2. The monoisotopic (exact) mass is 382 g/mol. The van der Waals surface area contributed by atoms with E-state index in [0.717, 1.165) is 20.2 Å². The lowest BCUT2D eigenvalue weighted by Crippen LogP contribution is -2.14. The van der Waals surface area contributed by atoms with Gasteiger partial charge in [0.05, 0.1) is 11.3 Å². The molecule has 0 unspecified atom stereocenters. The van der Waals surface area contributed by atoms with Gasteiger partial charge in [0.25, 0.3) is 5.91 Å². The summed E-state index contributed by atoms with van der Waals surface area (Å²) in [6, 6.07) is 11.0. The van der Waals surface area contributed by atoms with Gasteiger partial charge in [0.1, 0.15) is 0 Å². The Kier molecular flexibility index (Phi) is 4.27. The number of hydrogen-bond donors (Lipinski definition) is 2. The SMILES string of the molecule is Cc1ccc(Br)c(NC(=O)c2cc(Br)ccc2N)c1. The van der Waals surface area contributed by atoms with Crippen LogP contribution in [-0.2, 0) is 0 Å². The molecule has 0 atom stereocenters. The van der Waals surface area contributed by atoms with Crippen LogP contribution in [0.2, 0.25) is 0 Å². The molecule has 0 aliphatic rings. The third-order valence-electron chi connectivity index (χ3n) is 2.63. The number of nitrogen functional groups attached to an aromatic ring is 1. The number of carbonyl (C=O) groups excluding carboxylic acids is 1. The normalized spacial score (nSPS) is 10.3. The summed E-state index contributed by atoms with van der Waals surface area (Å²) >= 11 is 6.74. The maximum absolute atomic E-state index is 12.2. The summed E-state index contributed by atoms with van der Waals surface area (Å²) in [7, 11) is 0. The molecule has 19 heavy (non-hydrogen) atoms. The highest BCUT2D eigenvalue weighted by molar-refractivity contribution is 9.10. The van der Waals surface area contributed by atoms with Gasteiger partial charge < -0.3 is 11.1 Å². The van der Waals surface area contributed by atoms with E-state index in [9.17, 15) is 4.79 Å². The maximum Gasteiger partial charge on any atom is 0.257 e. The van der Waals surface area contributed by atoms with E-state index in [0.29, 0.717) is 11.3 Å². The Bertz CT molecular complexity index is 641. The molecule has 0 radical (unpaired) electrons. The van der Waals surface area contributed by atoms with Crippen molar-refractivity contribution in [2.24, 2.45) is 0 Å². The summed E-state index contributed by atoms with van der Waals surface area (Å²) in [5.41, 5.74) is 8.51. The molecule has 0 bridgehead atoms. The van der Waals surface area contributed by atoms with Crippen molar-refractivity contribution < 1.29 is 4.79 Å². The largest absolute Gasteiger partial charge is 0.398 e. The highest BCUT2D eigenvalue weighted by Gasteiger charge is 2.12. The Labute approximate surface area is 128 Å². The van der Waals surface area contributed by atoms with Crippen molar-refractivity contribution in [3.63, 3.8) is 0 Å². The molecule has 0 saturated carbocycles. The van der Waals surface area contributed by atoms with Crippen molar-refractivity contribution >= 4 is 49.1 Å². The molecule has 0 aliphatic carbocycles. The lowest BCUT2D eigenvalue weighted by molar-refractivity contribution is 0.102. The first-order valence-electron chi connectivity index (χ1n) is 5.60. The number of carbonyl (C=O) groups is 1. The maximum atomic E-state index is 12.2. The Hall–Kier alpha value is -1.33. The number of nitrogens with one attached hydrogen (secondary N) is 1. The predicted molar refractivity (Wildman–Crippen MR) is 85.4 cm³/mol. The third-order valence-corrected chi connectivity index (χ3v) is 3.81. The van der Waals surface area contributed by atoms with Gasteiger partial charge >= 0.3 is 0 Å². The second-order valence-corrected chi connectivity index (χ2v) is 5.94. The Morgan fingerprint density at radius 3 is 2.63 bits per heavy atom. The minimum Gasteiger partial charge on any atom is -0.398 e. The van der Waals surface area contributed by atoms with E-state index in [1.807, 2.05) is 25.1 Å². The second kappa shape index (κ2) is 5.75. The molecule has 0 saturated heterocycles. The molecule has 1 amide bonds. The molecule has 0 aliphatic heterocycles. The smallest absolute Gasteiger partial charge is 0.257 e. The number of halogens is 2. The number of aryl methyl sites for hydroxylation is 1. The second-order valence-electron chi connectivity index (χ2n) is 4.17. The average Bonchev–Trinajstić information content (AvgIpc) is 2.36. The molecule has 5 heteroatoms. The zero-order chi connectivity index (χ0) is 14.0. The molecule has 3 N–H and O–H groups in total. The molecule has 0 heterocycles. The lowest BCUT2D eigenvalue weighted by Gasteiger charge is -2.10. The standard InChI is InChI=1S/C14H12Br2N2O/c1-8-2-4-11(16)13(6-8)18-14(19)10-7-9(15)3-5-12(10)17/h2-7H,17H2,1H3,(H,18,19). The Morgan fingerprint density at radius 2 is 1.89 bits per heavy atom. The zero-order valence-corrected chi connectivity index (χ0v) is 13.4. The van der Waals surface area contributed by atoms with Crippen LogP contribution in [-0.4, -0.2) is 5.91 Å². The highest BCUT2D eigenvalue weighted by atomic mass is 79.9. The van der Waals surface area contributed by atoms with Crippen molar-refractivity contribution in [1.82, 2.24) is 0 Å². The van der Waals surface area contributed by atoms with Crippen LogP contribution in [0, 0.1) is 6.92 Å². The topological polar surface area (TPSA) is 55.1 Å². The summed E-state index contributed by atoms with van der Waals surface area (Å²) < 4.78 is 1.65. The van der Waals surface area contributed by atoms with E-state index in [1.165, 1.54) is 0 Å². The van der Waals surface area contributed by atoms with Crippen LogP contribution in [0.25, 0.3) is 0 Å². The molecule has 2 aromatic carbocycles. The first-order valence-corrected chi connectivity index (χ1v) is 7.18. The quantitative estimate of drug-likeness (QED) is 0.757. The van der Waals surface area contributed by atoms with Crippen LogP contribution in [0.1, 0.15) is 15.9 Å². The van der Waals surface area contributed by atoms with Crippen LogP contribution in [0.4, 0.5) is 11.4 Å². The van der Waals surface area contributed by atoms with Crippen molar-refractivity contribution in [3.8, 4) is 0 Å². The molecule has 2 aromatic rings. The van der Waals surface area contributed by atoms with Gasteiger partial charge in [-0.05, 0) is 58.7 Å². The molecular formula is C14H12Br2N2O. The van der Waals surface area contributed by atoms with Crippen molar-refractivity contribution in [1.29, 1.82) is 0 Å². The number of hydrogen-bond acceptors (Lipinski definition) is 2. The molecular weight excluding hydrogens is 372 g/mol. The van der Waals surface area contributed by atoms with Crippen LogP contribution >= 0.6 is 31.9 Å². The van der Waals surface area contributed by atoms with Crippen LogP contribution in [0.3, 0.4) is 0 Å². The Morgan fingerprint density at radius 1 is 1.16 bits per heavy atom. The van der Waals surface area contributed by atoms with Gasteiger partial charge in [-0.25, -0.2) is 0 Å². The number of anilines is 2. The fraction of sp³-hybridized carbons (Fsp3) is 0.0714. The number of rotatable bonds is 2.